The standard InChI is InChI=1S/C13H13ClN2O3S/c14-13-8-11(6-7-15-13)20(18,19)16-12(9-17)10-4-2-1-3-5-10/h1-8,12,16-17H,9H2. The molecule has 2 N–H and O–H groups in total. The van der Waals surface area contributed by atoms with Gasteiger partial charge in [-0.1, -0.05) is 41.9 Å². The fourth-order valence-corrected chi connectivity index (χ4v) is 3.17. The highest BCUT2D eigenvalue weighted by atomic mass is 35.5. The maximum absolute atomic E-state index is 12.2. The zero-order valence-electron chi connectivity index (χ0n) is 10.4. The van der Waals surface area contributed by atoms with E-state index in [0.717, 1.165) is 0 Å². The van der Waals surface area contributed by atoms with E-state index in [2.05, 4.69) is 9.71 Å². The zero-order chi connectivity index (χ0) is 14.6. The van der Waals surface area contributed by atoms with Crippen LogP contribution in [0.4, 0.5) is 0 Å². The van der Waals surface area contributed by atoms with Crippen LogP contribution in [0.15, 0.2) is 53.6 Å². The smallest absolute Gasteiger partial charge is 0.241 e. The van der Waals surface area contributed by atoms with Gasteiger partial charge in [0.05, 0.1) is 17.5 Å². The van der Waals surface area contributed by atoms with Gasteiger partial charge in [0.25, 0.3) is 0 Å². The highest BCUT2D eigenvalue weighted by molar-refractivity contribution is 7.89. The lowest BCUT2D eigenvalue weighted by molar-refractivity contribution is 0.259. The minimum Gasteiger partial charge on any atom is -0.394 e. The summed E-state index contributed by atoms with van der Waals surface area (Å²) in [7, 11) is -3.78. The van der Waals surface area contributed by atoms with Crippen molar-refractivity contribution < 1.29 is 13.5 Å². The first kappa shape index (κ1) is 14.9. The normalized spacial score (nSPS) is 13.1. The molecule has 106 valence electrons. The number of hydrogen-bond acceptors (Lipinski definition) is 4. The Bertz CT molecular complexity index is 677. The van der Waals surface area contributed by atoms with E-state index in [1.54, 1.807) is 24.3 Å². The second-order valence-corrected chi connectivity index (χ2v) is 6.18. The Morgan fingerprint density at radius 3 is 2.55 bits per heavy atom. The highest BCUT2D eigenvalue weighted by Gasteiger charge is 2.21. The first-order valence-corrected chi connectivity index (χ1v) is 7.69. The molecule has 0 aliphatic rings. The van der Waals surface area contributed by atoms with Crippen LogP contribution in [0.2, 0.25) is 5.15 Å². The number of aliphatic hydroxyl groups excluding tert-OH is 1. The maximum Gasteiger partial charge on any atom is 0.241 e. The summed E-state index contributed by atoms with van der Waals surface area (Å²) >= 11 is 5.69. The largest absolute Gasteiger partial charge is 0.394 e. The third-order valence-electron chi connectivity index (χ3n) is 2.69. The van der Waals surface area contributed by atoms with E-state index in [0.29, 0.717) is 5.56 Å². The average molecular weight is 313 g/mol. The van der Waals surface area contributed by atoms with E-state index in [1.807, 2.05) is 6.07 Å². The van der Waals surface area contributed by atoms with E-state index >= 15 is 0 Å². The molecule has 1 heterocycles. The number of benzene rings is 1. The number of halogens is 1. The summed E-state index contributed by atoms with van der Waals surface area (Å²) in [6, 6.07) is 10.7. The summed E-state index contributed by atoms with van der Waals surface area (Å²) in [5.74, 6) is 0. The predicted molar refractivity (Wildman–Crippen MR) is 75.8 cm³/mol. The van der Waals surface area contributed by atoms with Crippen molar-refractivity contribution in [3.05, 3.63) is 59.4 Å². The van der Waals surface area contributed by atoms with E-state index < -0.39 is 16.1 Å². The molecule has 0 amide bonds. The van der Waals surface area contributed by atoms with Gasteiger partial charge in [0.15, 0.2) is 0 Å². The molecule has 1 unspecified atom stereocenters. The fourth-order valence-electron chi connectivity index (χ4n) is 1.70. The zero-order valence-corrected chi connectivity index (χ0v) is 12.0. The van der Waals surface area contributed by atoms with Crippen LogP contribution in [-0.4, -0.2) is 25.1 Å². The first-order chi connectivity index (χ1) is 9.53. The third kappa shape index (κ3) is 3.55. The lowest BCUT2D eigenvalue weighted by Gasteiger charge is -2.16. The van der Waals surface area contributed by atoms with Crippen LogP contribution in [-0.2, 0) is 10.0 Å². The van der Waals surface area contributed by atoms with Crippen LogP contribution in [0.3, 0.4) is 0 Å². The molecule has 0 saturated carbocycles. The second kappa shape index (κ2) is 6.32. The van der Waals surface area contributed by atoms with Crippen molar-refractivity contribution >= 4 is 21.6 Å². The van der Waals surface area contributed by atoms with Gasteiger partial charge in [-0.15, -0.1) is 0 Å². The van der Waals surface area contributed by atoms with Gasteiger partial charge in [-0.2, -0.15) is 0 Å². The molecule has 5 nitrogen and oxygen atoms in total. The summed E-state index contributed by atoms with van der Waals surface area (Å²) in [5, 5.41) is 9.47. The molecule has 0 spiro atoms. The lowest BCUT2D eigenvalue weighted by atomic mass is 10.1. The molecule has 0 aliphatic carbocycles. The van der Waals surface area contributed by atoms with Crippen LogP contribution < -0.4 is 4.72 Å². The van der Waals surface area contributed by atoms with Gasteiger partial charge < -0.3 is 5.11 Å². The SMILES string of the molecule is O=S(=O)(NC(CO)c1ccccc1)c1ccnc(Cl)c1. The number of aliphatic hydroxyl groups is 1. The van der Waals surface area contributed by atoms with Gasteiger partial charge in [-0.05, 0) is 17.7 Å². The van der Waals surface area contributed by atoms with Gasteiger partial charge in [-0.3, -0.25) is 0 Å². The van der Waals surface area contributed by atoms with Crippen LogP contribution in [0.1, 0.15) is 11.6 Å². The summed E-state index contributed by atoms with van der Waals surface area (Å²) in [5.41, 5.74) is 0.679. The topological polar surface area (TPSA) is 79.3 Å². The fraction of sp³-hybridized carbons (Fsp3) is 0.154. The van der Waals surface area contributed by atoms with Crippen molar-refractivity contribution in [2.45, 2.75) is 10.9 Å². The van der Waals surface area contributed by atoms with Crippen molar-refractivity contribution in [1.82, 2.24) is 9.71 Å². The summed E-state index contributed by atoms with van der Waals surface area (Å²) in [6.07, 6.45) is 1.31. The molecular weight excluding hydrogens is 300 g/mol. The molecule has 2 rings (SSSR count). The van der Waals surface area contributed by atoms with E-state index in [-0.39, 0.29) is 16.7 Å². The van der Waals surface area contributed by atoms with Crippen molar-refractivity contribution in [3.8, 4) is 0 Å². The Kier molecular flexibility index (Phi) is 4.72. The Morgan fingerprint density at radius 2 is 1.95 bits per heavy atom. The molecule has 1 aromatic carbocycles. The highest BCUT2D eigenvalue weighted by Crippen LogP contribution is 2.18. The lowest BCUT2D eigenvalue weighted by Crippen LogP contribution is -2.30. The molecule has 1 aromatic heterocycles. The van der Waals surface area contributed by atoms with Gasteiger partial charge >= 0.3 is 0 Å². The van der Waals surface area contributed by atoms with Crippen molar-refractivity contribution in [1.29, 1.82) is 0 Å². The van der Waals surface area contributed by atoms with Gasteiger partial charge in [0, 0.05) is 6.20 Å². The van der Waals surface area contributed by atoms with Crippen LogP contribution in [0.25, 0.3) is 0 Å². The molecule has 2 aromatic rings. The van der Waals surface area contributed by atoms with E-state index in [1.165, 1.54) is 18.3 Å². The Hall–Kier alpha value is -1.47. The second-order valence-electron chi connectivity index (χ2n) is 4.08. The van der Waals surface area contributed by atoms with Gasteiger partial charge in [0.1, 0.15) is 5.15 Å². The van der Waals surface area contributed by atoms with E-state index in [4.69, 9.17) is 11.6 Å². The van der Waals surface area contributed by atoms with Crippen LogP contribution >= 0.6 is 11.6 Å². The van der Waals surface area contributed by atoms with E-state index in [9.17, 15) is 13.5 Å². The quantitative estimate of drug-likeness (QED) is 0.824. The van der Waals surface area contributed by atoms with Crippen molar-refractivity contribution in [2.24, 2.45) is 0 Å². The number of nitrogens with zero attached hydrogens (tertiary/aromatic N) is 1. The number of pyridine rings is 1. The molecule has 0 bridgehead atoms. The number of hydrogen-bond donors (Lipinski definition) is 2. The average Bonchev–Trinajstić information content (AvgIpc) is 2.46. The molecule has 0 fully saturated rings. The molecular formula is C13H13ClN2O3S. The maximum atomic E-state index is 12.2. The van der Waals surface area contributed by atoms with Gasteiger partial charge in [0.2, 0.25) is 10.0 Å². The molecule has 7 heteroatoms. The van der Waals surface area contributed by atoms with Crippen LogP contribution in [0, 0.1) is 0 Å². The predicted octanol–water partition coefficient (Wildman–Crippen LogP) is 1.75. The minimum absolute atomic E-state index is 0.00637. The molecule has 20 heavy (non-hydrogen) atoms. The molecule has 0 radical (unpaired) electrons. The Balaban J connectivity index is 2.27. The number of rotatable bonds is 5. The third-order valence-corrected chi connectivity index (χ3v) is 4.37. The summed E-state index contributed by atoms with van der Waals surface area (Å²) in [6.45, 7) is -0.345. The number of aromatic nitrogens is 1. The van der Waals surface area contributed by atoms with Crippen LogP contribution in [0.5, 0.6) is 0 Å². The summed E-state index contributed by atoms with van der Waals surface area (Å²) in [4.78, 5) is 3.74. The van der Waals surface area contributed by atoms with Crippen molar-refractivity contribution in [2.75, 3.05) is 6.61 Å². The number of sulfonamides is 1. The molecule has 0 aliphatic heterocycles. The van der Waals surface area contributed by atoms with Crippen molar-refractivity contribution in [3.63, 3.8) is 0 Å². The summed E-state index contributed by atoms with van der Waals surface area (Å²) < 4.78 is 26.9. The first-order valence-electron chi connectivity index (χ1n) is 5.82. The Morgan fingerprint density at radius 1 is 1.25 bits per heavy atom. The van der Waals surface area contributed by atoms with Gasteiger partial charge in [-0.25, -0.2) is 18.1 Å². The number of nitrogens with one attached hydrogen (secondary N) is 1. The molecule has 1 atom stereocenters. The minimum atomic E-state index is -3.78. The monoisotopic (exact) mass is 312 g/mol. The Labute approximate surface area is 122 Å². The molecule has 0 saturated heterocycles.